The zero-order valence-corrected chi connectivity index (χ0v) is 7.63. The van der Waals surface area contributed by atoms with Crippen molar-refractivity contribution in [3.8, 4) is 0 Å². The molecule has 68 valence electrons. The summed E-state index contributed by atoms with van der Waals surface area (Å²) in [6, 6.07) is 0. The van der Waals surface area contributed by atoms with E-state index in [1.54, 1.807) is 0 Å². The fourth-order valence-electron chi connectivity index (χ4n) is 0.224. The van der Waals surface area contributed by atoms with Gasteiger partial charge in [0.1, 0.15) is 0 Å². The van der Waals surface area contributed by atoms with Crippen molar-refractivity contribution in [2.45, 2.75) is 13.8 Å². The molecular formula is C7H17NO3. The van der Waals surface area contributed by atoms with Gasteiger partial charge in [-0.3, -0.25) is 0 Å². The first-order chi connectivity index (χ1) is 4.85. The predicted molar refractivity (Wildman–Crippen MR) is 41.2 cm³/mol. The average Bonchev–Trinajstić information content (AvgIpc) is 1.87. The van der Waals surface area contributed by atoms with Crippen LogP contribution in [0.1, 0.15) is 13.8 Å². The van der Waals surface area contributed by atoms with Gasteiger partial charge in [0, 0.05) is 0 Å². The molecule has 0 aliphatic heterocycles. The Labute approximate surface area is 67.7 Å². The lowest BCUT2D eigenvalue weighted by molar-refractivity contribution is -0.886. The van der Waals surface area contributed by atoms with Gasteiger partial charge in [-0.2, -0.15) is 0 Å². The van der Waals surface area contributed by atoms with Crippen molar-refractivity contribution in [1.29, 1.82) is 0 Å². The second-order valence-corrected chi connectivity index (χ2v) is 2.83. The van der Waals surface area contributed by atoms with Crippen LogP contribution in [0, 0.1) is 0 Å². The molecule has 1 N–H and O–H groups in total. The summed E-state index contributed by atoms with van der Waals surface area (Å²) >= 11 is 0. The Hall–Kier alpha value is -0.770. The molecule has 0 aromatic carbocycles. The first kappa shape index (κ1) is 12.9. The zero-order chi connectivity index (χ0) is 9.49. The molecule has 0 spiro atoms. The predicted octanol–water partition coefficient (Wildman–Crippen LogP) is -0.00970. The number of carbonyl (C=O) groups is 1. The molecule has 0 saturated heterocycles. The van der Waals surface area contributed by atoms with Gasteiger partial charge in [0.05, 0.1) is 27.2 Å². The molecule has 0 heterocycles. The van der Waals surface area contributed by atoms with E-state index in [4.69, 9.17) is 15.0 Å². The summed E-state index contributed by atoms with van der Waals surface area (Å²) < 4.78 is 1.14. The maximum absolute atomic E-state index is 8.44. The summed E-state index contributed by atoms with van der Waals surface area (Å²) in [7, 11) is 4.47. The number of hydrogen-bond acceptors (Lipinski definition) is 2. The van der Waals surface area contributed by atoms with Gasteiger partial charge in [-0.05, 0) is 13.8 Å². The molecule has 0 rings (SSSR count). The van der Waals surface area contributed by atoms with Crippen LogP contribution in [-0.2, 0) is 0 Å². The van der Waals surface area contributed by atoms with Crippen molar-refractivity contribution in [2.24, 2.45) is 0 Å². The maximum atomic E-state index is 8.44. The van der Waals surface area contributed by atoms with Crippen LogP contribution in [-0.4, -0.2) is 42.9 Å². The third kappa shape index (κ3) is 17.6. The van der Waals surface area contributed by atoms with Crippen LogP contribution in [0.25, 0.3) is 0 Å². The number of nitrogens with zero attached hydrogens (tertiary/aromatic N) is 1. The average molecular weight is 163 g/mol. The molecule has 11 heavy (non-hydrogen) atoms. The Morgan fingerprint density at radius 3 is 1.55 bits per heavy atom. The third-order valence-corrected chi connectivity index (χ3v) is 1.71. The molecule has 0 atom stereocenters. The highest BCUT2D eigenvalue weighted by Gasteiger charge is 2.04. The standard InChI is InChI=1S/C6H16N.CH2O3/c1-5-7(3,4)6-2;2-1(3)4/h5-6H2,1-4H3;(H2,2,3,4)/q+1;/p-1. The van der Waals surface area contributed by atoms with Crippen molar-refractivity contribution in [3.63, 3.8) is 0 Å². The fourth-order valence-corrected chi connectivity index (χ4v) is 0.224. The summed E-state index contributed by atoms with van der Waals surface area (Å²) in [4.78, 5) is 8.44. The SMILES string of the molecule is CC[N+](C)(C)CC.O=C([O-])O. The number of rotatable bonds is 2. The Morgan fingerprint density at radius 1 is 1.36 bits per heavy atom. The number of hydrogen-bond donors (Lipinski definition) is 1. The Kier molecular flexibility index (Phi) is 6.99. The molecule has 0 aliphatic rings. The summed E-state index contributed by atoms with van der Waals surface area (Å²) in [5, 5.41) is 15.3. The van der Waals surface area contributed by atoms with E-state index in [0.717, 1.165) is 4.48 Å². The van der Waals surface area contributed by atoms with Crippen LogP contribution < -0.4 is 5.11 Å². The first-order valence-electron chi connectivity index (χ1n) is 3.57. The molecule has 0 bridgehead atoms. The van der Waals surface area contributed by atoms with E-state index >= 15 is 0 Å². The lowest BCUT2D eigenvalue weighted by Gasteiger charge is -2.25. The fraction of sp³-hybridized carbons (Fsp3) is 0.857. The minimum absolute atomic E-state index is 1.14. The highest BCUT2D eigenvalue weighted by atomic mass is 16.6. The van der Waals surface area contributed by atoms with E-state index in [1.165, 1.54) is 13.1 Å². The largest absolute Gasteiger partial charge is 0.565 e. The minimum Gasteiger partial charge on any atom is -0.565 e. The maximum Gasteiger partial charge on any atom is 0.249 e. The summed E-state index contributed by atoms with van der Waals surface area (Å²) in [5.74, 6) is 0. The van der Waals surface area contributed by atoms with E-state index in [0.29, 0.717) is 0 Å². The lowest BCUT2D eigenvalue weighted by Crippen LogP contribution is -2.38. The van der Waals surface area contributed by atoms with Crippen molar-refractivity contribution >= 4 is 6.16 Å². The van der Waals surface area contributed by atoms with Crippen LogP contribution in [0.3, 0.4) is 0 Å². The van der Waals surface area contributed by atoms with Gasteiger partial charge >= 0.3 is 0 Å². The van der Waals surface area contributed by atoms with E-state index in [9.17, 15) is 0 Å². The van der Waals surface area contributed by atoms with Crippen LogP contribution in [0.5, 0.6) is 0 Å². The van der Waals surface area contributed by atoms with E-state index < -0.39 is 6.16 Å². The summed E-state index contributed by atoms with van der Waals surface area (Å²) in [6.07, 6.45) is -2.08. The zero-order valence-electron chi connectivity index (χ0n) is 7.63. The highest BCUT2D eigenvalue weighted by Crippen LogP contribution is 1.91. The molecule has 0 aromatic heterocycles. The minimum atomic E-state index is -2.08. The van der Waals surface area contributed by atoms with Gasteiger partial charge in [0.15, 0.2) is 0 Å². The molecule has 0 aliphatic carbocycles. The highest BCUT2D eigenvalue weighted by molar-refractivity contribution is 5.50. The normalized spacial score (nSPS) is 9.82. The van der Waals surface area contributed by atoms with Crippen molar-refractivity contribution in [1.82, 2.24) is 0 Å². The summed E-state index contributed by atoms with van der Waals surface area (Å²) in [5.41, 5.74) is 0. The van der Waals surface area contributed by atoms with Crippen LogP contribution in [0.15, 0.2) is 0 Å². The molecular weight excluding hydrogens is 146 g/mol. The van der Waals surface area contributed by atoms with Gasteiger partial charge in [0.2, 0.25) is 6.16 Å². The van der Waals surface area contributed by atoms with Gasteiger partial charge in [-0.15, -0.1) is 0 Å². The molecule has 0 amide bonds. The topological polar surface area (TPSA) is 60.4 Å². The summed E-state index contributed by atoms with van der Waals surface area (Å²) in [6.45, 7) is 6.89. The molecule has 0 aromatic rings. The molecule has 0 radical (unpaired) electrons. The smallest absolute Gasteiger partial charge is 0.249 e. The molecule has 0 unspecified atom stereocenters. The second kappa shape index (κ2) is 5.97. The molecule has 4 nitrogen and oxygen atoms in total. The monoisotopic (exact) mass is 163 g/mol. The first-order valence-corrected chi connectivity index (χ1v) is 3.57. The Morgan fingerprint density at radius 2 is 1.55 bits per heavy atom. The van der Waals surface area contributed by atoms with Gasteiger partial charge in [0.25, 0.3) is 0 Å². The van der Waals surface area contributed by atoms with Gasteiger partial charge in [-0.25, -0.2) is 0 Å². The number of carboxylic acid groups (broad SMARTS) is 2. The van der Waals surface area contributed by atoms with E-state index in [1.807, 2.05) is 0 Å². The van der Waals surface area contributed by atoms with Crippen LogP contribution >= 0.6 is 0 Å². The quantitative estimate of drug-likeness (QED) is 0.582. The van der Waals surface area contributed by atoms with Gasteiger partial charge < -0.3 is 19.5 Å². The van der Waals surface area contributed by atoms with Crippen LogP contribution in [0.4, 0.5) is 4.79 Å². The van der Waals surface area contributed by atoms with Crippen molar-refractivity contribution in [2.75, 3.05) is 27.2 Å². The Balaban J connectivity index is 0. The van der Waals surface area contributed by atoms with Crippen molar-refractivity contribution in [3.05, 3.63) is 0 Å². The Bertz CT molecular complexity index is 102. The third-order valence-electron chi connectivity index (χ3n) is 1.71. The molecule has 0 saturated carbocycles. The van der Waals surface area contributed by atoms with Crippen molar-refractivity contribution < 1.29 is 19.5 Å². The van der Waals surface area contributed by atoms with Gasteiger partial charge in [-0.1, -0.05) is 0 Å². The van der Waals surface area contributed by atoms with E-state index in [-0.39, 0.29) is 0 Å². The van der Waals surface area contributed by atoms with E-state index in [2.05, 4.69) is 27.9 Å². The van der Waals surface area contributed by atoms with Crippen LogP contribution in [0.2, 0.25) is 0 Å². The molecule has 0 fully saturated rings. The molecule has 4 heteroatoms. The number of quaternary nitrogens is 1. The second-order valence-electron chi connectivity index (χ2n) is 2.83. The lowest BCUT2D eigenvalue weighted by atomic mass is 10.5.